The standard InChI is InChI=1S/C64H118NO8P/c1-6-8-10-12-14-16-18-20-22-23-24-25-26-27-28-29-30-31-32-33-34-35-36-37-38-39-40-41-43-44-46-48-50-52-54-56-63(66)70-60-62(61-72-74(68,69)71-59-58-65(3,4)5)73-64(67)57-55-53-51-49-47-45-42-21-19-17-15-13-11-9-7-2/h9,11,15,17,21,42,47,49,53,55,62H,6-8,10,12-14,16,18-20,22-41,43-46,48,50-52,54,56-61H2,1-5H3/p+1/b11-9-,17-15-,42-21-,49-47-,55-53-. The Morgan fingerprint density at radius 3 is 1.09 bits per heavy atom. The van der Waals surface area contributed by atoms with Gasteiger partial charge in [-0.1, -0.05) is 293 Å². The van der Waals surface area contributed by atoms with E-state index in [2.05, 4.69) is 56.4 Å². The van der Waals surface area contributed by atoms with E-state index in [1.165, 1.54) is 205 Å². The minimum atomic E-state index is -4.41. The highest BCUT2D eigenvalue weighted by atomic mass is 31.2. The molecule has 432 valence electrons. The largest absolute Gasteiger partial charge is 0.472 e. The molecule has 0 aromatic heterocycles. The second-order valence-electron chi connectivity index (χ2n) is 22.1. The lowest BCUT2D eigenvalue weighted by molar-refractivity contribution is -0.870. The normalized spacial score (nSPS) is 13.6. The van der Waals surface area contributed by atoms with E-state index in [0.29, 0.717) is 17.4 Å². The smallest absolute Gasteiger partial charge is 0.462 e. The molecular formula is C64H119NO8P+. The average Bonchev–Trinajstić information content (AvgIpc) is 3.36. The van der Waals surface area contributed by atoms with Gasteiger partial charge in [0.05, 0.1) is 34.2 Å². The highest BCUT2D eigenvalue weighted by molar-refractivity contribution is 7.47. The summed E-state index contributed by atoms with van der Waals surface area (Å²) in [7, 11) is 1.42. The van der Waals surface area contributed by atoms with Gasteiger partial charge < -0.3 is 18.9 Å². The fourth-order valence-electron chi connectivity index (χ4n) is 8.86. The Morgan fingerprint density at radius 2 is 0.757 bits per heavy atom. The van der Waals surface area contributed by atoms with Crippen LogP contribution in [0.3, 0.4) is 0 Å². The summed E-state index contributed by atoms with van der Waals surface area (Å²) >= 11 is 0. The number of allylic oxidation sites excluding steroid dienone is 9. The average molecular weight is 1060 g/mol. The Hall–Kier alpha value is -2.29. The van der Waals surface area contributed by atoms with E-state index in [1.807, 2.05) is 33.3 Å². The molecule has 0 bridgehead atoms. The number of quaternary nitrogens is 1. The van der Waals surface area contributed by atoms with Crippen LogP contribution < -0.4 is 0 Å². The van der Waals surface area contributed by atoms with Crippen LogP contribution in [0.15, 0.2) is 60.8 Å². The third-order valence-electron chi connectivity index (χ3n) is 13.6. The summed E-state index contributed by atoms with van der Waals surface area (Å²) in [5, 5.41) is 0. The van der Waals surface area contributed by atoms with Gasteiger partial charge in [-0.3, -0.25) is 18.6 Å². The predicted octanol–water partition coefficient (Wildman–Crippen LogP) is 19.5. The third kappa shape index (κ3) is 59.0. The highest BCUT2D eigenvalue weighted by Gasteiger charge is 2.27. The van der Waals surface area contributed by atoms with Gasteiger partial charge in [-0.2, -0.15) is 0 Å². The fourth-order valence-corrected chi connectivity index (χ4v) is 9.60. The van der Waals surface area contributed by atoms with Crippen molar-refractivity contribution in [2.45, 2.75) is 290 Å². The van der Waals surface area contributed by atoms with Gasteiger partial charge in [0.25, 0.3) is 0 Å². The number of carbonyl (C=O) groups excluding carboxylic acids is 2. The van der Waals surface area contributed by atoms with E-state index < -0.39 is 26.5 Å². The van der Waals surface area contributed by atoms with Crippen LogP contribution in [0.5, 0.6) is 0 Å². The summed E-state index contributed by atoms with van der Waals surface area (Å²) in [6.07, 6.45) is 72.3. The molecule has 0 heterocycles. The van der Waals surface area contributed by atoms with E-state index in [0.717, 1.165) is 44.9 Å². The summed E-state index contributed by atoms with van der Waals surface area (Å²) < 4.78 is 34.4. The van der Waals surface area contributed by atoms with Crippen molar-refractivity contribution >= 4 is 19.8 Å². The van der Waals surface area contributed by atoms with E-state index in [4.69, 9.17) is 18.5 Å². The zero-order valence-corrected chi connectivity index (χ0v) is 50.0. The lowest BCUT2D eigenvalue weighted by Crippen LogP contribution is -2.37. The van der Waals surface area contributed by atoms with Gasteiger partial charge in [0.2, 0.25) is 0 Å². The van der Waals surface area contributed by atoms with Crippen LogP contribution in [0, 0.1) is 0 Å². The number of hydrogen-bond acceptors (Lipinski definition) is 7. The molecule has 0 rings (SSSR count). The number of esters is 2. The minimum Gasteiger partial charge on any atom is -0.462 e. The summed E-state index contributed by atoms with van der Waals surface area (Å²) in [6.45, 7) is 4.23. The highest BCUT2D eigenvalue weighted by Crippen LogP contribution is 2.43. The van der Waals surface area contributed by atoms with Gasteiger partial charge in [0.15, 0.2) is 6.10 Å². The molecule has 2 atom stereocenters. The number of hydrogen-bond donors (Lipinski definition) is 1. The van der Waals surface area contributed by atoms with E-state index >= 15 is 0 Å². The van der Waals surface area contributed by atoms with Crippen molar-refractivity contribution in [3.8, 4) is 0 Å². The van der Waals surface area contributed by atoms with Gasteiger partial charge >= 0.3 is 19.8 Å². The van der Waals surface area contributed by atoms with Crippen LogP contribution >= 0.6 is 7.82 Å². The van der Waals surface area contributed by atoms with Gasteiger partial charge in [-0.15, -0.1) is 0 Å². The SMILES string of the molecule is CC/C=C\C/C=C\C/C=C\C/C=C\C/C=C\CC(=O)OC(COC(=O)CCCCCCCCCCCCCCCCCCCCCCCCCCCCCCCCCCCCC)COP(=O)(O)OCC[N+](C)(C)C. The second kappa shape index (κ2) is 55.5. The maximum absolute atomic E-state index is 12.7. The molecular weight excluding hydrogens is 942 g/mol. The number of unbranched alkanes of at least 4 members (excludes halogenated alkanes) is 34. The number of carbonyl (C=O) groups is 2. The molecule has 0 aliphatic heterocycles. The molecule has 0 amide bonds. The van der Waals surface area contributed by atoms with Crippen molar-refractivity contribution in [1.29, 1.82) is 0 Å². The van der Waals surface area contributed by atoms with Gasteiger partial charge in [0, 0.05) is 6.42 Å². The quantitative estimate of drug-likeness (QED) is 0.0211. The van der Waals surface area contributed by atoms with Crippen molar-refractivity contribution in [1.82, 2.24) is 0 Å². The Bertz CT molecular complexity index is 1430. The molecule has 10 heteroatoms. The molecule has 0 radical (unpaired) electrons. The van der Waals surface area contributed by atoms with Crippen molar-refractivity contribution in [3.05, 3.63) is 60.8 Å². The van der Waals surface area contributed by atoms with Crippen molar-refractivity contribution < 1.29 is 42.1 Å². The molecule has 0 fully saturated rings. The lowest BCUT2D eigenvalue weighted by Gasteiger charge is -2.24. The van der Waals surface area contributed by atoms with Crippen LogP contribution in [0.2, 0.25) is 0 Å². The maximum Gasteiger partial charge on any atom is 0.472 e. The molecule has 0 aliphatic carbocycles. The predicted molar refractivity (Wildman–Crippen MR) is 316 cm³/mol. The number of phosphoric ester groups is 1. The van der Waals surface area contributed by atoms with E-state index in [9.17, 15) is 19.0 Å². The lowest BCUT2D eigenvalue weighted by atomic mass is 10.0. The zero-order chi connectivity index (χ0) is 54.2. The fraction of sp³-hybridized carbons (Fsp3) is 0.812. The number of nitrogens with zero attached hydrogens (tertiary/aromatic N) is 1. The van der Waals surface area contributed by atoms with Gasteiger partial charge in [-0.05, 0) is 38.5 Å². The summed E-state index contributed by atoms with van der Waals surface area (Å²) in [4.78, 5) is 35.5. The minimum absolute atomic E-state index is 0.00843. The molecule has 2 unspecified atom stereocenters. The van der Waals surface area contributed by atoms with Crippen LogP contribution in [-0.4, -0.2) is 74.9 Å². The first-order valence-corrected chi connectivity index (χ1v) is 32.5. The third-order valence-corrected chi connectivity index (χ3v) is 14.6. The zero-order valence-electron chi connectivity index (χ0n) is 49.1. The van der Waals surface area contributed by atoms with Crippen LogP contribution in [-0.2, 0) is 32.7 Å². The number of phosphoric acid groups is 1. The number of likely N-dealkylation sites (N-methyl/N-ethyl adjacent to an activating group) is 1. The molecule has 0 aromatic rings. The van der Waals surface area contributed by atoms with E-state index in [1.54, 1.807) is 6.08 Å². The molecule has 9 nitrogen and oxygen atoms in total. The monoisotopic (exact) mass is 1060 g/mol. The topological polar surface area (TPSA) is 108 Å². The summed E-state index contributed by atoms with van der Waals surface area (Å²) in [5.74, 6) is -0.937. The molecule has 74 heavy (non-hydrogen) atoms. The molecule has 1 N–H and O–H groups in total. The van der Waals surface area contributed by atoms with Crippen LogP contribution in [0.4, 0.5) is 0 Å². The van der Waals surface area contributed by atoms with E-state index in [-0.39, 0.29) is 32.0 Å². The molecule has 0 aromatic carbocycles. The first-order valence-electron chi connectivity index (χ1n) is 31.0. The van der Waals surface area contributed by atoms with Crippen LogP contribution in [0.1, 0.15) is 284 Å². The summed E-state index contributed by atoms with van der Waals surface area (Å²) in [5.41, 5.74) is 0. The Kier molecular flexibility index (Phi) is 53.7. The first kappa shape index (κ1) is 71.7. The number of rotatable bonds is 57. The van der Waals surface area contributed by atoms with Gasteiger partial charge in [0.1, 0.15) is 19.8 Å². The van der Waals surface area contributed by atoms with Crippen molar-refractivity contribution in [2.75, 3.05) is 47.5 Å². The molecule has 0 saturated carbocycles. The first-order chi connectivity index (χ1) is 36.0. The van der Waals surface area contributed by atoms with Gasteiger partial charge in [-0.25, -0.2) is 4.57 Å². The molecule has 0 spiro atoms. The number of ether oxygens (including phenoxy) is 2. The second-order valence-corrected chi connectivity index (χ2v) is 23.5. The van der Waals surface area contributed by atoms with Crippen molar-refractivity contribution in [3.63, 3.8) is 0 Å². The Morgan fingerprint density at radius 1 is 0.432 bits per heavy atom. The molecule has 0 aliphatic rings. The van der Waals surface area contributed by atoms with Crippen LogP contribution in [0.25, 0.3) is 0 Å². The van der Waals surface area contributed by atoms with Crippen molar-refractivity contribution in [2.24, 2.45) is 0 Å². The Balaban J connectivity index is 3.97. The summed E-state index contributed by atoms with van der Waals surface area (Å²) in [6, 6.07) is 0. The Labute approximate surface area is 457 Å². The maximum atomic E-state index is 12.7. The molecule has 0 saturated heterocycles.